The van der Waals surface area contributed by atoms with Gasteiger partial charge in [0.25, 0.3) is 0 Å². The zero-order chi connectivity index (χ0) is 24.4. The predicted molar refractivity (Wildman–Crippen MR) is 111 cm³/mol. The molecule has 3 aromatic rings. The summed E-state index contributed by atoms with van der Waals surface area (Å²) in [6.07, 6.45) is -7.04. The monoisotopic (exact) mass is 466 g/mol. The Kier molecular flexibility index (Phi) is 7.07. The van der Waals surface area contributed by atoms with Gasteiger partial charge in [-0.05, 0) is 24.3 Å². The van der Waals surface area contributed by atoms with E-state index in [9.17, 15) is 25.2 Å². The van der Waals surface area contributed by atoms with Crippen LogP contribution in [0.2, 0.25) is 0 Å². The van der Waals surface area contributed by atoms with Crippen molar-refractivity contribution in [3.63, 3.8) is 0 Å². The number of hydrogen-bond acceptors (Lipinski definition) is 12. The summed E-state index contributed by atoms with van der Waals surface area (Å²) >= 11 is 0. The SMILES string of the molecule is O=c1c(O)c(-c2ccc(O)cc2)oc2cc(O)cc(O)c12.OC[C@H]1OC(O)[C@H](O)[C@@H](O)[C@H]1O. The molecule has 5 atom stereocenters. The summed E-state index contributed by atoms with van der Waals surface area (Å²) in [6, 6.07) is 7.82. The first-order valence-electron chi connectivity index (χ1n) is 9.54. The summed E-state index contributed by atoms with van der Waals surface area (Å²) < 4.78 is 9.99. The Balaban J connectivity index is 0.000000218. The van der Waals surface area contributed by atoms with Crippen molar-refractivity contribution >= 4 is 11.0 Å². The molecule has 0 saturated carbocycles. The highest BCUT2D eigenvalue weighted by molar-refractivity contribution is 5.88. The summed E-state index contributed by atoms with van der Waals surface area (Å²) in [5, 5.41) is 82.8. The van der Waals surface area contributed by atoms with Crippen molar-refractivity contribution in [3.8, 4) is 34.3 Å². The second-order valence-corrected chi connectivity index (χ2v) is 7.21. The van der Waals surface area contributed by atoms with Gasteiger partial charge in [-0.1, -0.05) is 0 Å². The van der Waals surface area contributed by atoms with Gasteiger partial charge in [-0.25, -0.2) is 0 Å². The molecule has 0 amide bonds. The highest BCUT2D eigenvalue weighted by Gasteiger charge is 2.42. The Hall–Kier alpha value is -3.39. The Labute approximate surface area is 185 Å². The van der Waals surface area contributed by atoms with Gasteiger partial charge < -0.3 is 55.1 Å². The lowest BCUT2D eigenvalue weighted by atomic mass is 10.00. The van der Waals surface area contributed by atoms with Gasteiger partial charge in [-0.2, -0.15) is 0 Å². The van der Waals surface area contributed by atoms with E-state index < -0.39 is 54.2 Å². The summed E-state index contributed by atoms with van der Waals surface area (Å²) in [5.41, 5.74) is -0.498. The molecule has 12 nitrogen and oxygen atoms in total. The molecule has 4 rings (SSSR count). The lowest BCUT2D eigenvalue weighted by molar-refractivity contribution is -0.286. The number of fused-ring (bicyclic) bond motifs is 1. The molecule has 2 heterocycles. The van der Waals surface area contributed by atoms with E-state index in [1.807, 2.05) is 0 Å². The molecule has 1 aliphatic rings. The standard InChI is InChI=1S/C15H10O6.C6H12O6/c16-8-3-1-7(2-4-8)15-14(20)13(19)12-10(18)5-9(17)6-11(12)21-15;7-1-2-3(8)4(9)5(10)6(11)12-2/h1-6,16-18,20H;2-11H,1H2/t;2-,3+,4+,5-,6?/m.1/s1. The topological polar surface area (TPSA) is 222 Å². The molecule has 1 fully saturated rings. The van der Waals surface area contributed by atoms with Gasteiger partial charge in [0.1, 0.15) is 52.6 Å². The van der Waals surface area contributed by atoms with Crippen molar-refractivity contribution in [2.75, 3.05) is 6.61 Å². The number of ether oxygens (including phenoxy) is 1. The smallest absolute Gasteiger partial charge is 0.238 e. The summed E-state index contributed by atoms with van der Waals surface area (Å²) in [4.78, 5) is 12.1. The van der Waals surface area contributed by atoms with Crippen LogP contribution in [0.4, 0.5) is 0 Å². The molecule has 9 N–H and O–H groups in total. The van der Waals surface area contributed by atoms with Gasteiger partial charge in [0.15, 0.2) is 12.1 Å². The van der Waals surface area contributed by atoms with E-state index in [-0.39, 0.29) is 28.2 Å². The van der Waals surface area contributed by atoms with Crippen LogP contribution in [0.15, 0.2) is 45.6 Å². The average molecular weight is 466 g/mol. The lowest BCUT2D eigenvalue weighted by Gasteiger charge is -2.37. The molecule has 1 saturated heterocycles. The normalized spacial score (nSPS) is 24.8. The largest absolute Gasteiger partial charge is 0.508 e. The summed E-state index contributed by atoms with van der Waals surface area (Å²) in [5.74, 6) is -1.50. The van der Waals surface area contributed by atoms with Crippen LogP contribution in [0.25, 0.3) is 22.3 Å². The molecular formula is C21H22O12. The molecule has 0 aliphatic carbocycles. The number of rotatable bonds is 2. The van der Waals surface area contributed by atoms with Gasteiger partial charge in [0.05, 0.1) is 6.61 Å². The van der Waals surface area contributed by atoms with Crippen molar-refractivity contribution in [3.05, 3.63) is 46.6 Å². The summed E-state index contributed by atoms with van der Waals surface area (Å²) in [6.45, 7) is -0.526. The van der Waals surface area contributed by atoms with Gasteiger partial charge in [0.2, 0.25) is 11.2 Å². The fraction of sp³-hybridized carbons (Fsp3) is 0.286. The Morgan fingerprint density at radius 1 is 0.818 bits per heavy atom. The number of benzene rings is 2. The molecule has 12 heteroatoms. The van der Waals surface area contributed by atoms with Crippen LogP contribution in [0.5, 0.6) is 23.0 Å². The maximum absolute atomic E-state index is 12.1. The predicted octanol–water partition coefficient (Wildman–Crippen LogP) is -0.939. The van der Waals surface area contributed by atoms with Crippen LogP contribution < -0.4 is 5.43 Å². The van der Waals surface area contributed by atoms with Crippen LogP contribution in [0.3, 0.4) is 0 Å². The van der Waals surface area contributed by atoms with Crippen molar-refractivity contribution in [2.45, 2.75) is 30.7 Å². The fourth-order valence-electron chi connectivity index (χ4n) is 3.17. The third kappa shape index (κ3) is 4.85. The molecule has 1 aromatic heterocycles. The molecule has 1 unspecified atom stereocenters. The first-order chi connectivity index (χ1) is 15.5. The van der Waals surface area contributed by atoms with Gasteiger partial charge >= 0.3 is 0 Å². The molecule has 33 heavy (non-hydrogen) atoms. The molecule has 2 aromatic carbocycles. The fourth-order valence-corrected chi connectivity index (χ4v) is 3.17. The van der Waals surface area contributed by atoms with Crippen LogP contribution in [0, 0.1) is 0 Å². The average Bonchev–Trinajstić information content (AvgIpc) is 2.78. The van der Waals surface area contributed by atoms with Crippen molar-refractivity contribution in [1.29, 1.82) is 0 Å². The Morgan fingerprint density at radius 3 is 2.06 bits per heavy atom. The van der Waals surface area contributed by atoms with Crippen LogP contribution in [-0.2, 0) is 4.74 Å². The first kappa shape index (κ1) is 24.3. The molecular weight excluding hydrogens is 444 g/mol. The van der Waals surface area contributed by atoms with Crippen molar-refractivity contribution in [2.24, 2.45) is 0 Å². The number of aromatic hydroxyl groups is 4. The van der Waals surface area contributed by atoms with E-state index in [0.717, 1.165) is 6.07 Å². The van der Waals surface area contributed by atoms with Crippen LogP contribution >= 0.6 is 0 Å². The first-order valence-corrected chi connectivity index (χ1v) is 9.54. The van der Waals surface area contributed by atoms with E-state index in [2.05, 4.69) is 4.74 Å². The molecule has 0 bridgehead atoms. The van der Waals surface area contributed by atoms with Crippen molar-refractivity contribution < 1.29 is 55.1 Å². The second-order valence-electron chi connectivity index (χ2n) is 7.21. The van der Waals surface area contributed by atoms with Gasteiger partial charge in [-0.15, -0.1) is 0 Å². The molecule has 178 valence electrons. The number of phenolic OH excluding ortho intramolecular Hbond substituents is 3. The third-order valence-electron chi connectivity index (χ3n) is 4.93. The summed E-state index contributed by atoms with van der Waals surface area (Å²) in [7, 11) is 0. The van der Waals surface area contributed by atoms with Gasteiger partial charge in [0, 0.05) is 17.7 Å². The quantitative estimate of drug-likeness (QED) is 0.223. The zero-order valence-corrected chi connectivity index (χ0v) is 16.8. The number of hydrogen-bond donors (Lipinski definition) is 9. The van der Waals surface area contributed by atoms with Crippen molar-refractivity contribution in [1.82, 2.24) is 0 Å². The van der Waals surface area contributed by atoms with Gasteiger partial charge in [-0.3, -0.25) is 4.79 Å². The molecule has 0 radical (unpaired) electrons. The third-order valence-corrected chi connectivity index (χ3v) is 4.93. The minimum absolute atomic E-state index is 0.0247. The van der Waals surface area contributed by atoms with Crippen LogP contribution in [0.1, 0.15) is 0 Å². The second kappa shape index (κ2) is 9.62. The Morgan fingerprint density at radius 2 is 1.45 bits per heavy atom. The number of phenols is 3. The number of aliphatic hydroxyl groups is 5. The molecule has 1 aliphatic heterocycles. The highest BCUT2D eigenvalue weighted by Crippen LogP contribution is 2.35. The molecule has 0 spiro atoms. The lowest BCUT2D eigenvalue weighted by Crippen LogP contribution is -2.58. The van der Waals surface area contributed by atoms with E-state index in [1.165, 1.54) is 30.3 Å². The Bertz CT molecular complexity index is 1170. The van der Waals surface area contributed by atoms with E-state index >= 15 is 0 Å². The maximum atomic E-state index is 12.1. The minimum atomic E-state index is -1.57. The van der Waals surface area contributed by atoms with Crippen LogP contribution in [-0.4, -0.2) is 83.3 Å². The minimum Gasteiger partial charge on any atom is -0.508 e. The van der Waals surface area contributed by atoms with E-state index in [1.54, 1.807) is 0 Å². The van der Waals surface area contributed by atoms with E-state index in [4.69, 9.17) is 29.9 Å². The number of aliphatic hydroxyl groups excluding tert-OH is 5. The zero-order valence-electron chi connectivity index (χ0n) is 16.8. The highest BCUT2D eigenvalue weighted by atomic mass is 16.6. The van der Waals surface area contributed by atoms with E-state index in [0.29, 0.717) is 5.56 Å². The maximum Gasteiger partial charge on any atom is 0.238 e.